The minimum Gasteiger partial charge on any atom is -0.459 e. The monoisotopic (exact) mass is 340 g/mol. The number of nitrogens with one attached hydrogen (secondary N) is 2. The van der Waals surface area contributed by atoms with Crippen LogP contribution in [0.3, 0.4) is 0 Å². The highest BCUT2D eigenvalue weighted by Gasteiger charge is 2.15. The molecule has 1 saturated heterocycles. The molecule has 0 unspecified atom stereocenters. The fraction of sp³-hybridized carbons (Fsp3) is 0.368. The third kappa shape index (κ3) is 4.62. The molecule has 1 aromatic carbocycles. The van der Waals surface area contributed by atoms with E-state index in [1.165, 1.54) is 19.1 Å². The summed E-state index contributed by atoms with van der Waals surface area (Å²) in [5.41, 5.74) is 1.78. The Hall–Kier alpha value is -2.76. The van der Waals surface area contributed by atoms with Crippen LogP contribution < -0.4 is 10.6 Å². The molecule has 0 radical (unpaired) electrons. The van der Waals surface area contributed by atoms with Crippen molar-refractivity contribution in [3.63, 3.8) is 0 Å². The normalized spacial score (nSPS) is 14.6. The summed E-state index contributed by atoms with van der Waals surface area (Å²) >= 11 is 0. The number of nitrogens with zero attached hydrogens (tertiary/aromatic N) is 2. The molecule has 1 fully saturated rings. The molecule has 0 spiro atoms. The molecule has 6 heteroatoms. The number of likely N-dealkylation sites (tertiary alicyclic amines) is 1. The maximum absolute atomic E-state index is 12.1. The lowest BCUT2D eigenvalue weighted by Crippen LogP contribution is -2.39. The topological polar surface area (TPSA) is 69.9 Å². The number of aliphatic imine (C=N–C) groups is 1. The zero-order valence-electron chi connectivity index (χ0n) is 14.5. The Morgan fingerprint density at radius 2 is 2.08 bits per heavy atom. The van der Waals surface area contributed by atoms with Gasteiger partial charge in [-0.25, -0.2) is 4.99 Å². The van der Waals surface area contributed by atoms with Gasteiger partial charge in [0.05, 0.1) is 12.8 Å². The van der Waals surface area contributed by atoms with Crippen LogP contribution in [0.1, 0.15) is 35.9 Å². The van der Waals surface area contributed by atoms with Gasteiger partial charge in [-0.05, 0) is 49.6 Å². The van der Waals surface area contributed by atoms with Crippen molar-refractivity contribution in [2.24, 2.45) is 4.99 Å². The van der Waals surface area contributed by atoms with E-state index in [9.17, 15) is 4.79 Å². The summed E-state index contributed by atoms with van der Waals surface area (Å²) in [4.78, 5) is 19.1. The molecule has 6 nitrogen and oxygen atoms in total. The van der Waals surface area contributed by atoms with Gasteiger partial charge < -0.3 is 20.0 Å². The number of amides is 1. The molecule has 2 N–H and O–H groups in total. The molecule has 0 bridgehead atoms. The van der Waals surface area contributed by atoms with E-state index in [4.69, 9.17) is 9.41 Å². The second-order valence-electron chi connectivity index (χ2n) is 6.00. The number of guanidine groups is 1. The van der Waals surface area contributed by atoms with Gasteiger partial charge in [0.25, 0.3) is 5.91 Å². The van der Waals surface area contributed by atoms with Crippen molar-refractivity contribution in [1.29, 1.82) is 0 Å². The smallest absolute Gasteiger partial charge is 0.291 e. The van der Waals surface area contributed by atoms with E-state index in [1.807, 2.05) is 24.3 Å². The van der Waals surface area contributed by atoms with Crippen LogP contribution in [0.2, 0.25) is 0 Å². The zero-order chi connectivity index (χ0) is 17.5. The average Bonchev–Trinajstić information content (AvgIpc) is 3.32. The molecule has 3 rings (SSSR count). The van der Waals surface area contributed by atoms with Crippen molar-refractivity contribution in [3.8, 4) is 0 Å². The predicted molar refractivity (Wildman–Crippen MR) is 98.7 cm³/mol. The molecule has 2 aromatic rings. The number of rotatable bonds is 5. The molecule has 0 saturated carbocycles. The van der Waals surface area contributed by atoms with Gasteiger partial charge in [-0.15, -0.1) is 0 Å². The summed E-state index contributed by atoms with van der Waals surface area (Å²) < 4.78 is 5.11. The standard InChI is InChI=1S/C19H24N4O2/c1-2-20-19(23-10-3-4-11-23)21-14-15-7-5-8-16(13-15)22-18(24)17-9-6-12-25-17/h5-9,12-13H,2-4,10-11,14H2,1H3,(H,20,21)(H,22,24). The van der Waals surface area contributed by atoms with Gasteiger partial charge in [0.2, 0.25) is 0 Å². The highest BCUT2D eigenvalue weighted by molar-refractivity contribution is 6.02. The van der Waals surface area contributed by atoms with E-state index in [2.05, 4.69) is 22.5 Å². The van der Waals surface area contributed by atoms with Crippen LogP contribution in [0.5, 0.6) is 0 Å². The van der Waals surface area contributed by atoms with Crippen molar-refractivity contribution < 1.29 is 9.21 Å². The maximum atomic E-state index is 12.1. The number of anilines is 1. The number of hydrogen-bond acceptors (Lipinski definition) is 3. The van der Waals surface area contributed by atoms with Crippen LogP contribution in [0, 0.1) is 0 Å². The Morgan fingerprint density at radius 1 is 1.24 bits per heavy atom. The van der Waals surface area contributed by atoms with Crippen LogP contribution in [0.4, 0.5) is 5.69 Å². The van der Waals surface area contributed by atoms with E-state index in [0.29, 0.717) is 12.3 Å². The van der Waals surface area contributed by atoms with Crippen LogP contribution in [-0.4, -0.2) is 36.4 Å². The van der Waals surface area contributed by atoms with Gasteiger partial charge in [-0.3, -0.25) is 4.79 Å². The third-order valence-corrected chi connectivity index (χ3v) is 4.08. The molecule has 1 aliphatic heterocycles. The summed E-state index contributed by atoms with van der Waals surface area (Å²) in [6, 6.07) is 11.1. The predicted octanol–water partition coefficient (Wildman–Crippen LogP) is 3.09. The van der Waals surface area contributed by atoms with Crippen LogP contribution in [-0.2, 0) is 6.54 Å². The summed E-state index contributed by atoms with van der Waals surface area (Å²) in [7, 11) is 0. The zero-order valence-corrected chi connectivity index (χ0v) is 14.5. The van der Waals surface area contributed by atoms with Crippen LogP contribution in [0.25, 0.3) is 0 Å². The van der Waals surface area contributed by atoms with Gasteiger partial charge in [-0.1, -0.05) is 12.1 Å². The SMILES string of the molecule is CCNC(=NCc1cccc(NC(=O)c2ccco2)c1)N1CCCC1. The molecule has 2 heterocycles. The lowest BCUT2D eigenvalue weighted by atomic mass is 10.2. The summed E-state index contributed by atoms with van der Waals surface area (Å²) in [6.45, 7) is 5.63. The number of furan rings is 1. The number of hydrogen-bond donors (Lipinski definition) is 2. The van der Waals surface area contributed by atoms with Crippen molar-refractivity contribution in [1.82, 2.24) is 10.2 Å². The Balaban J connectivity index is 1.66. The largest absolute Gasteiger partial charge is 0.459 e. The second kappa shape index (κ2) is 8.37. The lowest BCUT2D eigenvalue weighted by molar-refractivity contribution is 0.0996. The molecule has 25 heavy (non-hydrogen) atoms. The van der Waals surface area contributed by atoms with E-state index >= 15 is 0 Å². The van der Waals surface area contributed by atoms with E-state index < -0.39 is 0 Å². The van der Waals surface area contributed by atoms with Crippen LogP contribution in [0.15, 0.2) is 52.1 Å². The van der Waals surface area contributed by atoms with E-state index in [1.54, 1.807) is 12.1 Å². The molecule has 0 atom stereocenters. The van der Waals surface area contributed by atoms with Crippen molar-refractivity contribution in [3.05, 3.63) is 54.0 Å². The Bertz CT molecular complexity index is 719. The Kier molecular flexibility index (Phi) is 5.72. The third-order valence-electron chi connectivity index (χ3n) is 4.08. The van der Waals surface area contributed by atoms with Gasteiger partial charge in [0.15, 0.2) is 11.7 Å². The lowest BCUT2D eigenvalue weighted by Gasteiger charge is -2.20. The minimum absolute atomic E-state index is 0.254. The molecule has 1 aliphatic rings. The first-order chi connectivity index (χ1) is 12.3. The van der Waals surface area contributed by atoms with Crippen LogP contribution >= 0.6 is 0 Å². The molecule has 132 valence electrons. The van der Waals surface area contributed by atoms with Crippen molar-refractivity contribution in [2.45, 2.75) is 26.3 Å². The first kappa shape index (κ1) is 17.1. The average molecular weight is 340 g/mol. The summed E-state index contributed by atoms with van der Waals surface area (Å²) in [5.74, 6) is 1.01. The number of carbonyl (C=O) groups excluding carboxylic acids is 1. The van der Waals surface area contributed by atoms with E-state index in [-0.39, 0.29) is 5.91 Å². The highest BCUT2D eigenvalue weighted by atomic mass is 16.3. The quantitative estimate of drug-likeness (QED) is 0.648. The Labute approximate surface area is 147 Å². The van der Waals surface area contributed by atoms with Gasteiger partial charge >= 0.3 is 0 Å². The van der Waals surface area contributed by atoms with E-state index in [0.717, 1.165) is 36.8 Å². The molecular weight excluding hydrogens is 316 g/mol. The number of benzene rings is 1. The number of carbonyl (C=O) groups is 1. The van der Waals surface area contributed by atoms with Gasteiger partial charge in [0.1, 0.15) is 0 Å². The summed E-state index contributed by atoms with van der Waals surface area (Å²) in [6.07, 6.45) is 3.93. The van der Waals surface area contributed by atoms with Crippen molar-refractivity contribution >= 4 is 17.6 Å². The maximum Gasteiger partial charge on any atom is 0.291 e. The first-order valence-corrected chi connectivity index (χ1v) is 8.73. The molecule has 1 aromatic heterocycles. The highest BCUT2D eigenvalue weighted by Crippen LogP contribution is 2.14. The van der Waals surface area contributed by atoms with Gasteiger partial charge in [0, 0.05) is 25.3 Å². The molecular formula is C19H24N4O2. The fourth-order valence-electron chi connectivity index (χ4n) is 2.87. The summed E-state index contributed by atoms with van der Waals surface area (Å²) in [5, 5.41) is 6.20. The molecule has 1 amide bonds. The fourth-order valence-corrected chi connectivity index (χ4v) is 2.87. The van der Waals surface area contributed by atoms with Gasteiger partial charge in [-0.2, -0.15) is 0 Å². The molecule has 0 aliphatic carbocycles. The minimum atomic E-state index is -0.254. The first-order valence-electron chi connectivity index (χ1n) is 8.73. The van der Waals surface area contributed by atoms with Crippen molar-refractivity contribution in [2.75, 3.05) is 25.0 Å². The Morgan fingerprint density at radius 3 is 2.80 bits per heavy atom. The second-order valence-corrected chi connectivity index (χ2v) is 6.00.